The van der Waals surface area contributed by atoms with Gasteiger partial charge in [0, 0.05) is 119 Å². The minimum Gasteiger partial charge on any atom is -0.507 e. The van der Waals surface area contributed by atoms with Gasteiger partial charge >= 0.3 is 11.8 Å². The van der Waals surface area contributed by atoms with E-state index in [2.05, 4.69) is 39.3 Å². The molecule has 5 bridgehead atoms. The van der Waals surface area contributed by atoms with Gasteiger partial charge in [0.05, 0.1) is 41.0 Å². The molecule has 6 atom stereocenters. The highest BCUT2D eigenvalue weighted by Crippen LogP contribution is 2.50. The Morgan fingerprint density at radius 2 is 1.66 bits per heavy atom. The zero-order valence-corrected chi connectivity index (χ0v) is 41.7. The lowest BCUT2D eigenvalue weighted by atomic mass is 9.82. The van der Waals surface area contributed by atoms with Crippen molar-refractivity contribution in [3.8, 4) is 11.5 Å². The van der Waals surface area contributed by atoms with E-state index >= 15 is 0 Å². The van der Waals surface area contributed by atoms with Crippen molar-refractivity contribution in [2.75, 3.05) is 50.7 Å². The molecule has 2 saturated heterocycles. The van der Waals surface area contributed by atoms with Gasteiger partial charge in [-0.1, -0.05) is 45.9 Å². The van der Waals surface area contributed by atoms with Crippen LogP contribution in [0.1, 0.15) is 112 Å². The first-order chi connectivity index (χ1) is 33.8. The minimum atomic E-state index is -1.95. The topological polar surface area (TPSA) is 233 Å². The van der Waals surface area contributed by atoms with Crippen LogP contribution in [0.25, 0.3) is 0 Å². The summed E-state index contributed by atoms with van der Waals surface area (Å²) in [4.78, 5) is 85.7. The number of ketones is 2. The maximum absolute atomic E-state index is 14.8. The average Bonchev–Trinajstić information content (AvgIpc) is 3.84. The number of aliphatic hydroxyl groups is 2. The van der Waals surface area contributed by atoms with Crippen molar-refractivity contribution in [1.29, 1.82) is 0 Å². The van der Waals surface area contributed by atoms with Crippen molar-refractivity contribution in [3.63, 3.8) is 0 Å². The number of Topliss-reactive ketones (excluding diaryl/α,β-unsaturated/α-hetero) is 2. The Kier molecular flexibility index (Phi) is 14.9. The van der Waals surface area contributed by atoms with Crippen molar-refractivity contribution < 1.29 is 53.5 Å². The van der Waals surface area contributed by atoms with Crippen LogP contribution in [0.2, 0.25) is 0 Å². The van der Waals surface area contributed by atoms with Crippen LogP contribution < -0.4 is 20.3 Å². The number of piperazine rings is 1. The fourth-order valence-corrected chi connectivity index (χ4v) is 10.2. The van der Waals surface area contributed by atoms with Gasteiger partial charge < -0.3 is 54.9 Å². The molecule has 2 unspecified atom stereocenters. The van der Waals surface area contributed by atoms with Gasteiger partial charge in [-0.15, -0.1) is 0 Å². The molecule has 1 aliphatic carbocycles. The number of piperidine rings is 1. The fraction of sp³-hybridized carbons (Fsp3) is 0.528. The van der Waals surface area contributed by atoms with Gasteiger partial charge in [-0.05, 0) is 50.8 Å². The van der Waals surface area contributed by atoms with Crippen LogP contribution in [-0.2, 0) is 23.9 Å². The van der Waals surface area contributed by atoms with Crippen molar-refractivity contribution in [2.24, 2.45) is 22.7 Å². The third-order valence-corrected chi connectivity index (χ3v) is 14.7. The molecule has 2 aromatic rings. The number of phenolic OH excluding ortho intramolecular Hbond substituents is 1. The number of rotatable bonds is 6. The van der Waals surface area contributed by atoms with Gasteiger partial charge in [0.1, 0.15) is 35.4 Å². The molecule has 0 saturated carbocycles. The smallest absolute Gasteiger partial charge is 0.315 e. The van der Waals surface area contributed by atoms with E-state index < -0.39 is 77.2 Å². The number of hydrogen-bond donors (Lipinski definition) is 5. The van der Waals surface area contributed by atoms with E-state index in [0.29, 0.717) is 58.0 Å². The zero-order chi connectivity index (χ0) is 50.9. The number of aliphatic imine (C=N–C) groups is 1. The number of carbonyl (C=O) groups excluding carboxylic acids is 5. The number of anilines is 1. The van der Waals surface area contributed by atoms with Crippen LogP contribution in [0, 0.1) is 24.7 Å². The number of ether oxygens (including phenoxy) is 3. The molecule has 9 rings (SSSR count). The number of esters is 1. The van der Waals surface area contributed by atoms with Crippen molar-refractivity contribution in [1.82, 2.24) is 25.4 Å². The second kappa shape index (κ2) is 20.8. The third-order valence-electron chi connectivity index (χ3n) is 14.7. The van der Waals surface area contributed by atoms with E-state index in [1.165, 1.54) is 20.1 Å². The molecule has 18 nitrogen and oxygen atoms in total. The van der Waals surface area contributed by atoms with Crippen LogP contribution >= 0.6 is 0 Å². The van der Waals surface area contributed by atoms with E-state index in [0.717, 1.165) is 12.2 Å². The monoisotopic (exact) mass is 977 g/mol. The zero-order valence-electron chi connectivity index (χ0n) is 41.7. The number of carbonyl (C=O) groups is 5. The summed E-state index contributed by atoms with van der Waals surface area (Å²) in [6.45, 7) is 16.7. The molecule has 2 amide bonds. The largest absolute Gasteiger partial charge is 0.507 e. The number of aliphatic hydroxyl groups excluding tert-OH is 2. The summed E-state index contributed by atoms with van der Waals surface area (Å²) in [6, 6.07) is 3.81. The Hall–Kier alpha value is -6.37. The number of fused-ring (bicyclic) bond motifs is 13. The number of phenols is 1. The number of aromatic nitrogens is 1. The second-order valence-electron chi connectivity index (χ2n) is 20.3. The van der Waals surface area contributed by atoms with E-state index in [4.69, 9.17) is 19.2 Å². The van der Waals surface area contributed by atoms with Gasteiger partial charge in [-0.2, -0.15) is 0 Å². The highest BCUT2D eigenvalue weighted by molar-refractivity contribution is 6.34. The molecule has 1 aromatic carbocycles. The SMILES string of the molecule is C/C1=C/C=C/C(C)[C@H](O)CC(O)[C@@H](C)[C@H](OC(=O)CC(=O)N2CCN(c3ccncc3)CC2)CC/C=C/O[C@@]2(C)Oc3c(C)c(O)c4c(c3C2=O)C2=NC3(CCN(CC(C)C)CC3)NC2=C(NC1=O)C4=O. The summed E-state index contributed by atoms with van der Waals surface area (Å²) < 4.78 is 18.3. The Morgan fingerprint density at radius 1 is 0.958 bits per heavy atom. The average molecular weight is 978 g/mol. The lowest BCUT2D eigenvalue weighted by Crippen LogP contribution is -2.50. The molecular formula is C53H67N7O11. The molecule has 6 aliphatic heterocycles. The standard InChI is InChI=1S/C53H67N7O11/c1-30(2)29-58-20-16-53(17-21-58)56-44-41-42-47(65)34(6)49-43(41)50(67)52(7,71-49)69-26-9-8-13-38(70-40(64)28-39(63)60-24-22-59(23-25-60)35-14-18-54-19-15-35)33(5)37(62)27-36(61)31(3)11-10-12-32(4)51(68)55-46(48(42)66)45(44)57-53/h9-12,14-15,18-19,26,30-31,33,36-38,57,61-62,65H,8,13,16-17,20-25,27-29H2,1-7H3,(H,55,68)/b11-10+,26-9+,32-12-/t31?,33-,36-,37?,38-,52+/m1/s1. The first-order valence-electron chi connectivity index (χ1n) is 24.8. The number of nitrogens with one attached hydrogen (secondary N) is 2. The van der Waals surface area contributed by atoms with Crippen LogP contribution in [0.5, 0.6) is 11.5 Å². The van der Waals surface area contributed by atoms with Gasteiger partial charge in [0.15, 0.2) is 0 Å². The molecule has 380 valence electrons. The molecule has 7 heterocycles. The highest BCUT2D eigenvalue weighted by atomic mass is 16.7. The molecule has 18 heteroatoms. The predicted molar refractivity (Wildman–Crippen MR) is 263 cm³/mol. The number of amides is 2. The second-order valence-corrected chi connectivity index (χ2v) is 20.3. The molecular weight excluding hydrogens is 911 g/mol. The molecule has 1 spiro atoms. The maximum Gasteiger partial charge on any atom is 0.315 e. The van der Waals surface area contributed by atoms with Crippen molar-refractivity contribution in [2.45, 2.75) is 117 Å². The Labute approximate surface area is 414 Å². The first-order valence-corrected chi connectivity index (χ1v) is 24.8. The van der Waals surface area contributed by atoms with Gasteiger partial charge in [-0.3, -0.25) is 33.9 Å². The molecule has 5 N–H and O–H groups in total. The van der Waals surface area contributed by atoms with E-state index in [-0.39, 0.29) is 75.9 Å². The summed E-state index contributed by atoms with van der Waals surface area (Å²) in [5, 5.41) is 40.9. The Bertz CT molecular complexity index is 2590. The van der Waals surface area contributed by atoms with E-state index in [1.807, 2.05) is 12.1 Å². The van der Waals surface area contributed by atoms with Gasteiger partial charge in [0.2, 0.25) is 11.7 Å². The summed E-state index contributed by atoms with van der Waals surface area (Å²) in [6.07, 6.45) is 9.10. The molecule has 7 aliphatic rings. The number of benzene rings is 1. The maximum atomic E-state index is 14.8. The Balaban J connectivity index is 1.07. The van der Waals surface area contributed by atoms with Gasteiger partial charge in [-0.25, -0.2) is 0 Å². The predicted octanol–water partition coefficient (Wildman–Crippen LogP) is 4.61. The third kappa shape index (κ3) is 10.5. The van der Waals surface area contributed by atoms with Crippen LogP contribution in [0.3, 0.4) is 0 Å². The molecule has 2 fully saturated rings. The number of pyridine rings is 1. The lowest BCUT2D eigenvalue weighted by Gasteiger charge is -2.38. The number of hydrogen-bond acceptors (Lipinski definition) is 16. The van der Waals surface area contributed by atoms with Crippen molar-refractivity contribution in [3.05, 3.63) is 94.3 Å². The summed E-state index contributed by atoms with van der Waals surface area (Å²) >= 11 is 0. The molecule has 0 radical (unpaired) electrons. The highest BCUT2D eigenvalue weighted by Gasteiger charge is 2.54. The summed E-state index contributed by atoms with van der Waals surface area (Å²) in [5.41, 5.74) is 0.772. The van der Waals surface area contributed by atoms with E-state index in [1.54, 1.807) is 62.4 Å². The lowest BCUT2D eigenvalue weighted by molar-refractivity contribution is -0.158. The number of allylic oxidation sites excluding steroid dienone is 5. The van der Waals surface area contributed by atoms with Gasteiger partial charge in [0.25, 0.3) is 11.7 Å². The minimum absolute atomic E-state index is 0.0178. The quantitative estimate of drug-likeness (QED) is 0.197. The molecule has 1 aromatic heterocycles. The summed E-state index contributed by atoms with van der Waals surface area (Å²) in [5.74, 6) is -6.13. The van der Waals surface area contributed by atoms with E-state index in [9.17, 15) is 39.3 Å². The first kappa shape index (κ1) is 51.0. The van der Waals surface area contributed by atoms with Crippen LogP contribution in [-0.4, -0.2) is 141 Å². The summed E-state index contributed by atoms with van der Waals surface area (Å²) in [7, 11) is 0. The van der Waals surface area contributed by atoms with Crippen LogP contribution in [0.4, 0.5) is 5.69 Å². The molecule has 71 heavy (non-hydrogen) atoms. The van der Waals surface area contributed by atoms with Crippen molar-refractivity contribution >= 4 is 40.7 Å². The number of nitrogens with zero attached hydrogens (tertiary/aromatic N) is 5. The number of likely N-dealkylation sites (tertiary alicyclic amines) is 1. The Morgan fingerprint density at radius 3 is 2.35 bits per heavy atom. The normalized spacial score (nSPS) is 28.8. The van der Waals surface area contributed by atoms with Crippen LogP contribution in [0.15, 0.2) is 77.1 Å². The fourth-order valence-electron chi connectivity index (χ4n) is 10.2. The number of aromatic hydroxyl groups is 1.